The minimum atomic E-state index is -5.08. The fourth-order valence-electron chi connectivity index (χ4n) is 3.35. The number of hydrogen-bond acceptors (Lipinski definition) is 7. The Balaban J connectivity index is 0.000000745. The standard InChI is InChI=1S/C23H23BrF2N4O4.C2HF3O2/c1-4-29(11-20(31)32)22-16(9-27-14(3)28-22)10-30-13(2)7-19(21(24)23(30)33)34-12-15-5-6-17(25)8-18(15)26;3-2(4,5)1(6)7/h5-9H,4,10-12H2,1-3H3,(H,31,32);(H,6,7). The highest BCUT2D eigenvalue weighted by Crippen LogP contribution is 2.26. The number of carboxylic acids is 2. The van der Waals surface area contributed by atoms with Crippen LogP contribution in [0.5, 0.6) is 5.75 Å². The van der Waals surface area contributed by atoms with Gasteiger partial charge in [-0.05, 0) is 48.8 Å². The Morgan fingerprint density at radius 3 is 2.29 bits per heavy atom. The maximum Gasteiger partial charge on any atom is 0.490 e. The molecule has 1 aromatic carbocycles. The van der Waals surface area contributed by atoms with Crippen molar-refractivity contribution in [1.82, 2.24) is 14.5 Å². The van der Waals surface area contributed by atoms with E-state index >= 15 is 0 Å². The van der Waals surface area contributed by atoms with E-state index in [1.54, 1.807) is 31.0 Å². The molecule has 0 fully saturated rings. The maximum absolute atomic E-state index is 13.9. The van der Waals surface area contributed by atoms with Crippen LogP contribution in [-0.4, -0.2) is 56.0 Å². The van der Waals surface area contributed by atoms with E-state index in [1.165, 1.54) is 10.6 Å². The zero-order valence-corrected chi connectivity index (χ0v) is 23.4. The van der Waals surface area contributed by atoms with E-state index in [0.29, 0.717) is 29.4 Å². The molecular weight excluding hydrogens is 627 g/mol. The summed E-state index contributed by atoms with van der Waals surface area (Å²) in [5.41, 5.74) is 0.875. The Hall–Kier alpha value is -4.08. The molecule has 2 aromatic heterocycles. The summed E-state index contributed by atoms with van der Waals surface area (Å²) >= 11 is 3.26. The third-order valence-electron chi connectivity index (χ3n) is 5.35. The van der Waals surface area contributed by atoms with E-state index < -0.39 is 35.3 Å². The van der Waals surface area contributed by atoms with Crippen molar-refractivity contribution in [1.29, 1.82) is 0 Å². The summed E-state index contributed by atoms with van der Waals surface area (Å²) in [6.45, 7) is 5.29. The van der Waals surface area contributed by atoms with E-state index in [0.717, 1.165) is 12.1 Å². The summed E-state index contributed by atoms with van der Waals surface area (Å²) in [7, 11) is 0. The number of anilines is 1. The van der Waals surface area contributed by atoms with Gasteiger partial charge < -0.3 is 24.4 Å². The van der Waals surface area contributed by atoms with E-state index in [4.69, 9.17) is 14.6 Å². The van der Waals surface area contributed by atoms with Crippen molar-refractivity contribution >= 4 is 33.7 Å². The molecule has 0 saturated heterocycles. The van der Waals surface area contributed by atoms with Crippen molar-refractivity contribution < 1.29 is 46.5 Å². The Bertz CT molecular complexity index is 1480. The van der Waals surface area contributed by atoms with E-state index in [-0.39, 0.29) is 35.5 Å². The number of halogens is 6. The number of pyridine rings is 1. The van der Waals surface area contributed by atoms with Gasteiger partial charge in [0.15, 0.2) is 0 Å². The SMILES string of the molecule is CCN(CC(=O)O)c1nc(C)ncc1Cn1c(C)cc(OCc2ccc(F)cc2F)c(Br)c1=O.O=C(O)C(F)(F)F. The molecule has 41 heavy (non-hydrogen) atoms. The summed E-state index contributed by atoms with van der Waals surface area (Å²) in [6, 6.07) is 4.80. The summed E-state index contributed by atoms with van der Waals surface area (Å²) < 4.78 is 66.0. The third-order valence-corrected chi connectivity index (χ3v) is 6.08. The van der Waals surface area contributed by atoms with Crippen LogP contribution in [0.2, 0.25) is 0 Å². The van der Waals surface area contributed by atoms with Gasteiger partial charge in [0, 0.05) is 41.7 Å². The van der Waals surface area contributed by atoms with Crippen LogP contribution < -0.4 is 15.2 Å². The normalized spacial score (nSPS) is 11.0. The maximum atomic E-state index is 13.9. The predicted molar refractivity (Wildman–Crippen MR) is 139 cm³/mol. The lowest BCUT2D eigenvalue weighted by Gasteiger charge is -2.23. The number of aryl methyl sites for hydroxylation is 2. The number of likely N-dealkylation sites (N-methyl/N-ethyl adjacent to an activating group) is 1. The monoisotopic (exact) mass is 650 g/mol. The van der Waals surface area contributed by atoms with Gasteiger partial charge in [0.1, 0.15) is 46.7 Å². The second-order valence-electron chi connectivity index (χ2n) is 8.36. The lowest BCUT2D eigenvalue weighted by atomic mass is 10.2. The van der Waals surface area contributed by atoms with Crippen LogP contribution in [0, 0.1) is 25.5 Å². The second kappa shape index (κ2) is 14.0. The number of hydrogen-bond donors (Lipinski definition) is 2. The van der Waals surface area contributed by atoms with Crippen LogP contribution in [0.25, 0.3) is 0 Å². The van der Waals surface area contributed by atoms with Crippen LogP contribution in [0.3, 0.4) is 0 Å². The molecule has 16 heteroatoms. The molecule has 0 spiro atoms. The van der Waals surface area contributed by atoms with Gasteiger partial charge in [0.2, 0.25) is 0 Å². The fourth-order valence-corrected chi connectivity index (χ4v) is 3.79. The Labute approximate surface area is 238 Å². The largest absolute Gasteiger partial charge is 0.490 e. The molecule has 0 aliphatic heterocycles. The van der Waals surface area contributed by atoms with Gasteiger partial charge in [-0.3, -0.25) is 9.59 Å². The molecule has 0 atom stereocenters. The van der Waals surface area contributed by atoms with Gasteiger partial charge in [-0.15, -0.1) is 0 Å². The zero-order valence-electron chi connectivity index (χ0n) is 21.8. The first-order valence-electron chi connectivity index (χ1n) is 11.6. The highest BCUT2D eigenvalue weighted by atomic mass is 79.9. The third kappa shape index (κ3) is 9.23. The van der Waals surface area contributed by atoms with Crippen molar-refractivity contribution in [3.8, 4) is 5.75 Å². The summed E-state index contributed by atoms with van der Waals surface area (Å²) in [4.78, 5) is 43.5. The summed E-state index contributed by atoms with van der Waals surface area (Å²) in [6.07, 6.45) is -3.51. The second-order valence-corrected chi connectivity index (χ2v) is 9.15. The molecular formula is C25H24BrF5N4O6. The van der Waals surface area contributed by atoms with Crippen molar-refractivity contribution in [3.63, 3.8) is 0 Å². The quantitative estimate of drug-likeness (QED) is 0.322. The first-order valence-corrected chi connectivity index (χ1v) is 12.4. The smallest absolute Gasteiger partial charge is 0.487 e. The van der Waals surface area contributed by atoms with Crippen molar-refractivity contribution in [2.24, 2.45) is 0 Å². The number of ether oxygens (including phenoxy) is 1. The lowest BCUT2D eigenvalue weighted by Crippen LogP contribution is -2.32. The van der Waals surface area contributed by atoms with Crippen molar-refractivity contribution in [3.05, 3.63) is 79.6 Å². The number of alkyl halides is 3. The van der Waals surface area contributed by atoms with Crippen LogP contribution in [0.15, 0.2) is 39.7 Å². The van der Waals surface area contributed by atoms with Crippen LogP contribution >= 0.6 is 15.9 Å². The number of carboxylic acid groups (broad SMARTS) is 2. The first kappa shape index (κ1) is 33.1. The van der Waals surface area contributed by atoms with Gasteiger partial charge in [0.05, 0.1) is 6.54 Å². The van der Waals surface area contributed by atoms with Crippen LogP contribution in [0.1, 0.15) is 29.6 Å². The molecule has 0 unspecified atom stereocenters. The number of rotatable bonds is 9. The van der Waals surface area contributed by atoms with Gasteiger partial charge in [0.25, 0.3) is 5.56 Å². The number of benzene rings is 1. The van der Waals surface area contributed by atoms with E-state index in [9.17, 15) is 36.6 Å². The molecule has 10 nitrogen and oxygen atoms in total. The van der Waals surface area contributed by atoms with Gasteiger partial charge in [-0.1, -0.05) is 0 Å². The average Bonchev–Trinajstić information content (AvgIpc) is 2.87. The van der Waals surface area contributed by atoms with Gasteiger partial charge in [-0.2, -0.15) is 13.2 Å². The molecule has 2 N–H and O–H groups in total. The predicted octanol–water partition coefficient (Wildman–Crippen LogP) is 4.47. The molecule has 2 heterocycles. The minimum absolute atomic E-state index is 0.0991. The van der Waals surface area contributed by atoms with Crippen molar-refractivity contribution in [2.45, 2.75) is 40.1 Å². The van der Waals surface area contributed by atoms with E-state index in [2.05, 4.69) is 25.9 Å². The number of aromatic nitrogens is 3. The molecule has 0 aliphatic rings. The molecule has 0 amide bonds. The Kier molecular flexibility index (Phi) is 11.3. The topological polar surface area (TPSA) is 135 Å². The molecule has 222 valence electrons. The van der Waals surface area contributed by atoms with Crippen LogP contribution in [-0.2, 0) is 22.7 Å². The average molecular weight is 651 g/mol. The Morgan fingerprint density at radius 1 is 1.12 bits per heavy atom. The van der Waals surface area contributed by atoms with Gasteiger partial charge in [-0.25, -0.2) is 23.5 Å². The summed E-state index contributed by atoms with van der Waals surface area (Å²) in [5.74, 6) is -4.06. The molecule has 3 rings (SSSR count). The Morgan fingerprint density at radius 2 is 1.76 bits per heavy atom. The highest BCUT2D eigenvalue weighted by molar-refractivity contribution is 9.10. The lowest BCUT2D eigenvalue weighted by molar-refractivity contribution is -0.192. The minimum Gasteiger partial charge on any atom is -0.487 e. The number of aliphatic carboxylic acids is 2. The fraction of sp³-hybridized carbons (Fsp3) is 0.320. The van der Waals surface area contributed by atoms with Crippen LogP contribution in [0.4, 0.5) is 27.8 Å². The van der Waals surface area contributed by atoms with Gasteiger partial charge >= 0.3 is 18.1 Å². The molecule has 0 aliphatic carbocycles. The molecule has 0 saturated carbocycles. The molecule has 3 aromatic rings. The van der Waals surface area contributed by atoms with E-state index in [1.807, 2.05) is 6.92 Å². The molecule has 0 bridgehead atoms. The number of carbonyl (C=O) groups is 2. The first-order chi connectivity index (χ1) is 19.0. The number of nitrogens with zero attached hydrogens (tertiary/aromatic N) is 4. The molecule has 0 radical (unpaired) electrons. The summed E-state index contributed by atoms with van der Waals surface area (Å²) in [5, 5.41) is 16.4. The highest BCUT2D eigenvalue weighted by Gasteiger charge is 2.38. The zero-order chi connectivity index (χ0) is 31.1. The van der Waals surface area contributed by atoms with Crippen molar-refractivity contribution in [2.75, 3.05) is 18.0 Å².